The lowest BCUT2D eigenvalue weighted by molar-refractivity contribution is -0.923. The minimum Gasteiger partial charge on any atom is -0.354 e. The summed E-state index contributed by atoms with van der Waals surface area (Å²) >= 11 is 0. The number of hydrogen-bond donors (Lipinski definition) is 3. The minimum absolute atomic E-state index is 0.357. The Balaban J connectivity index is 3.81. The zero-order valence-corrected chi connectivity index (χ0v) is 12.9. The maximum absolute atomic E-state index is 11.0. The summed E-state index contributed by atoms with van der Waals surface area (Å²) in [5, 5.41) is 2.32. The minimum atomic E-state index is -4.73. The Labute approximate surface area is 114 Å². The van der Waals surface area contributed by atoms with Gasteiger partial charge in [-0.25, -0.2) is 9.36 Å². The number of unbranched alkanes of at least 4 members (excludes halogenated alkanes) is 1. The standard InChI is InChI=1S/C11H25N2O5P/c1-4-13(5-2,6-3)10-8-7-9-12-11(14)18-19(15,16)17/h4-10H2,1-3H3,(H2-,12,14,15,16,17)/p+1. The molecule has 19 heavy (non-hydrogen) atoms. The summed E-state index contributed by atoms with van der Waals surface area (Å²) in [6, 6.07) is 0. The molecule has 0 saturated carbocycles. The van der Waals surface area contributed by atoms with E-state index < -0.39 is 13.9 Å². The van der Waals surface area contributed by atoms with E-state index in [0.717, 1.165) is 43.5 Å². The molecule has 0 unspecified atom stereocenters. The fourth-order valence-corrected chi connectivity index (χ4v) is 2.33. The molecule has 0 radical (unpaired) electrons. The van der Waals surface area contributed by atoms with Gasteiger partial charge in [-0.05, 0) is 33.6 Å². The van der Waals surface area contributed by atoms with E-state index >= 15 is 0 Å². The van der Waals surface area contributed by atoms with Crippen LogP contribution < -0.4 is 5.32 Å². The van der Waals surface area contributed by atoms with Crippen molar-refractivity contribution in [1.82, 2.24) is 5.32 Å². The number of nitrogens with zero attached hydrogens (tertiary/aromatic N) is 1. The van der Waals surface area contributed by atoms with E-state index in [1.165, 1.54) is 0 Å². The number of phosphoric ester groups is 1. The molecule has 0 fully saturated rings. The van der Waals surface area contributed by atoms with E-state index in [1.807, 2.05) is 0 Å². The van der Waals surface area contributed by atoms with Crippen molar-refractivity contribution in [2.24, 2.45) is 0 Å². The monoisotopic (exact) mass is 297 g/mol. The highest BCUT2D eigenvalue weighted by atomic mass is 31.2. The molecule has 0 aliphatic carbocycles. The normalized spacial score (nSPS) is 12.3. The second kappa shape index (κ2) is 8.53. The van der Waals surface area contributed by atoms with Gasteiger partial charge in [0.05, 0.1) is 26.2 Å². The van der Waals surface area contributed by atoms with Gasteiger partial charge in [-0.3, -0.25) is 9.79 Å². The van der Waals surface area contributed by atoms with Crippen molar-refractivity contribution in [2.45, 2.75) is 33.6 Å². The zero-order valence-electron chi connectivity index (χ0n) is 12.0. The second-order valence-electron chi connectivity index (χ2n) is 4.52. The molecule has 0 spiro atoms. The summed E-state index contributed by atoms with van der Waals surface area (Å²) in [4.78, 5) is 27.8. The third kappa shape index (κ3) is 8.21. The maximum atomic E-state index is 11.0. The van der Waals surface area contributed by atoms with Gasteiger partial charge < -0.3 is 14.3 Å². The number of carbonyl (C=O) groups is 1. The van der Waals surface area contributed by atoms with Gasteiger partial charge in [0, 0.05) is 6.54 Å². The first-order chi connectivity index (χ1) is 8.78. The summed E-state index contributed by atoms with van der Waals surface area (Å²) in [5.74, 6) is 0. The van der Waals surface area contributed by atoms with Crippen LogP contribution in [0.25, 0.3) is 0 Å². The largest absolute Gasteiger partial charge is 0.528 e. The molecule has 0 rings (SSSR count). The molecule has 0 aliphatic heterocycles. The summed E-state index contributed by atoms with van der Waals surface area (Å²) < 4.78 is 15.3. The summed E-state index contributed by atoms with van der Waals surface area (Å²) in [7, 11) is -4.73. The molecule has 0 bridgehead atoms. The Hall–Kier alpha value is -0.620. The number of hydrogen-bond acceptors (Lipinski definition) is 3. The van der Waals surface area contributed by atoms with Crippen LogP contribution >= 0.6 is 7.82 Å². The topological polar surface area (TPSA) is 95.9 Å². The number of carbonyl (C=O) groups excluding carboxylic acids is 1. The third-order valence-electron chi connectivity index (χ3n) is 3.54. The number of amides is 1. The van der Waals surface area contributed by atoms with Crippen LogP contribution in [0, 0.1) is 0 Å². The van der Waals surface area contributed by atoms with E-state index in [4.69, 9.17) is 9.79 Å². The van der Waals surface area contributed by atoms with Crippen LogP contribution in [0.1, 0.15) is 33.6 Å². The highest BCUT2D eigenvalue weighted by Gasteiger charge is 2.21. The Morgan fingerprint density at radius 2 is 1.68 bits per heavy atom. The highest BCUT2D eigenvalue weighted by molar-refractivity contribution is 7.46. The highest BCUT2D eigenvalue weighted by Crippen LogP contribution is 2.35. The van der Waals surface area contributed by atoms with Crippen LogP contribution in [0.2, 0.25) is 0 Å². The third-order valence-corrected chi connectivity index (χ3v) is 3.95. The van der Waals surface area contributed by atoms with Crippen molar-refractivity contribution < 1.29 is 28.2 Å². The number of rotatable bonds is 9. The molecule has 3 N–H and O–H groups in total. The molecule has 0 atom stereocenters. The predicted molar refractivity (Wildman–Crippen MR) is 72.5 cm³/mol. The van der Waals surface area contributed by atoms with E-state index in [-0.39, 0.29) is 0 Å². The van der Waals surface area contributed by atoms with E-state index in [1.54, 1.807) is 0 Å². The molecule has 7 nitrogen and oxygen atoms in total. The number of phosphoric acid groups is 1. The molecule has 0 aromatic rings. The van der Waals surface area contributed by atoms with Crippen molar-refractivity contribution in [1.29, 1.82) is 0 Å². The van der Waals surface area contributed by atoms with Gasteiger partial charge in [0.2, 0.25) is 0 Å². The lowest BCUT2D eigenvalue weighted by Gasteiger charge is -2.35. The molecule has 1 amide bonds. The maximum Gasteiger partial charge on any atom is 0.528 e. The molecule has 0 aromatic carbocycles. The van der Waals surface area contributed by atoms with Gasteiger partial charge in [-0.1, -0.05) is 0 Å². The number of quaternary nitrogens is 1. The molecule has 0 saturated heterocycles. The van der Waals surface area contributed by atoms with Crippen LogP contribution in [-0.4, -0.2) is 53.1 Å². The van der Waals surface area contributed by atoms with Crippen LogP contribution in [0.15, 0.2) is 0 Å². The van der Waals surface area contributed by atoms with E-state index in [2.05, 4.69) is 30.6 Å². The van der Waals surface area contributed by atoms with Crippen LogP contribution in [0.5, 0.6) is 0 Å². The molecule has 8 heteroatoms. The molecule has 0 aromatic heterocycles. The smallest absolute Gasteiger partial charge is 0.354 e. The summed E-state index contributed by atoms with van der Waals surface area (Å²) in [6.45, 7) is 11.2. The predicted octanol–water partition coefficient (Wildman–Crippen LogP) is 1.46. The lowest BCUT2D eigenvalue weighted by Crippen LogP contribution is -2.48. The molecular formula is C11H26N2O5P+. The fraction of sp³-hybridized carbons (Fsp3) is 0.909. The van der Waals surface area contributed by atoms with Crippen LogP contribution in [-0.2, 0) is 9.09 Å². The van der Waals surface area contributed by atoms with Gasteiger partial charge in [0.15, 0.2) is 0 Å². The zero-order chi connectivity index (χ0) is 14.9. The quantitative estimate of drug-likeness (QED) is 0.340. The van der Waals surface area contributed by atoms with Crippen LogP contribution in [0.4, 0.5) is 4.79 Å². The SMILES string of the molecule is CC[N+](CC)(CC)CCCCNC(=O)OP(=O)(O)O. The molecule has 114 valence electrons. The first-order valence-electron chi connectivity index (χ1n) is 6.66. The molecule has 0 heterocycles. The fourth-order valence-electron chi connectivity index (χ4n) is 2.05. The Kier molecular flexibility index (Phi) is 8.25. The van der Waals surface area contributed by atoms with Gasteiger partial charge in [0.25, 0.3) is 0 Å². The molecule has 0 aliphatic rings. The Bertz CT molecular complexity index is 306. The molecular weight excluding hydrogens is 271 g/mol. The number of nitrogens with one attached hydrogen (secondary N) is 1. The van der Waals surface area contributed by atoms with Crippen molar-refractivity contribution in [2.75, 3.05) is 32.7 Å². The van der Waals surface area contributed by atoms with Crippen molar-refractivity contribution in [3.63, 3.8) is 0 Å². The van der Waals surface area contributed by atoms with Gasteiger partial charge in [-0.2, -0.15) is 0 Å². The van der Waals surface area contributed by atoms with Crippen molar-refractivity contribution in [3.8, 4) is 0 Å². The van der Waals surface area contributed by atoms with Crippen molar-refractivity contribution in [3.05, 3.63) is 0 Å². The first-order valence-corrected chi connectivity index (χ1v) is 8.19. The second-order valence-corrected chi connectivity index (χ2v) is 5.68. The Morgan fingerprint density at radius 3 is 2.11 bits per heavy atom. The van der Waals surface area contributed by atoms with Gasteiger partial charge in [0.1, 0.15) is 0 Å². The van der Waals surface area contributed by atoms with Crippen molar-refractivity contribution >= 4 is 13.9 Å². The average molecular weight is 297 g/mol. The first kappa shape index (κ1) is 18.4. The lowest BCUT2D eigenvalue weighted by atomic mass is 10.2. The summed E-state index contributed by atoms with van der Waals surface area (Å²) in [6.07, 6.45) is 0.637. The Morgan fingerprint density at radius 1 is 1.16 bits per heavy atom. The van der Waals surface area contributed by atoms with Crippen LogP contribution in [0.3, 0.4) is 0 Å². The van der Waals surface area contributed by atoms with Gasteiger partial charge in [-0.15, -0.1) is 0 Å². The van der Waals surface area contributed by atoms with E-state index in [0.29, 0.717) is 6.54 Å². The van der Waals surface area contributed by atoms with E-state index in [9.17, 15) is 9.36 Å². The average Bonchev–Trinajstić information content (AvgIpc) is 2.32. The van der Waals surface area contributed by atoms with Gasteiger partial charge >= 0.3 is 13.9 Å². The summed E-state index contributed by atoms with van der Waals surface area (Å²) in [5.41, 5.74) is 0.